The molecule has 4 heteroatoms. The fraction of sp³-hybridized carbons (Fsp3) is 0.308. The van der Waals surface area contributed by atoms with Crippen LogP contribution in [0.3, 0.4) is 0 Å². The maximum Gasteiger partial charge on any atom is 0.330 e. The standard InChI is InChI=1S/C13H16O4/c1-3-13(15)17-11(8-14)9-16-12-7-5-4-6-10(12)2/h3-7,11,14H,1,8-9H2,2H3/t11-/m1/s1. The highest BCUT2D eigenvalue weighted by Crippen LogP contribution is 2.16. The number of aryl methyl sites for hydroxylation is 1. The van der Waals surface area contributed by atoms with E-state index in [2.05, 4.69) is 6.58 Å². The lowest BCUT2D eigenvalue weighted by Crippen LogP contribution is -2.27. The van der Waals surface area contributed by atoms with E-state index in [0.29, 0.717) is 5.75 Å². The first-order valence-electron chi connectivity index (χ1n) is 5.29. The summed E-state index contributed by atoms with van der Waals surface area (Å²) in [4.78, 5) is 11.0. The average Bonchev–Trinajstić information content (AvgIpc) is 2.35. The molecule has 0 unspecified atom stereocenters. The number of hydrogen-bond acceptors (Lipinski definition) is 4. The van der Waals surface area contributed by atoms with Crippen LogP contribution in [0.15, 0.2) is 36.9 Å². The van der Waals surface area contributed by atoms with Crippen LogP contribution in [0, 0.1) is 6.92 Å². The summed E-state index contributed by atoms with van der Waals surface area (Å²) in [6.45, 7) is 5.02. The van der Waals surface area contributed by atoms with Crippen molar-refractivity contribution >= 4 is 5.97 Å². The zero-order valence-corrected chi connectivity index (χ0v) is 9.76. The van der Waals surface area contributed by atoms with Crippen LogP contribution in [0.2, 0.25) is 0 Å². The topological polar surface area (TPSA) is 55.8 Å². The van der Waals surface area contributed by atoms with E-state index in [1.165, 1.54) is 0 Å². The number of aliphatic hydroxyl groups excluding tert-OH is 1. The smallest absolute Gasteiger partial charge is 0.330 e. The van der Waals surface area contributed by atoms with E-state index in [1.54, 1.807) is 0 Å². The van der Waals surface area contributed by atoms with E-state index >= 15 is 0 Å². The number of carbonyl (C=O) groups excluding carboxylic acids is 1. The van der Waals surface area contributed by atoms with Crippen LogP contribution in [0.5, 0.6) is 5.75 Å². The third-order valence-corrected chi connectivity index (χ3v) is 2.17. The van der Waals surface area contributed by atoms with Gasteiger partial charge in [0.2, 0.25) is 0 Å². The van der Waals surface area contributed by atoms with Gasteiger partial charge >= 0.3 is 5.97 Å². The zero-order valence-electron chi connectivity index (χ0n) is 9.76. The van der Waals surface area contributed by atoms with Gasteiger partial charge in [0.15, 0.2) is 6.10 Å². The Hall–Kier alpha value is -1.81. The van der Waals surface area contributed by atoms with Crippen molar-refractivity contribution in [3.05, 3.63) is 42.5 Å². The first kappa shape index (κ1) is 13.3. The predicted molar refractivity (Wildman–Crippen MR) is 63.8 cm³/mol. The molecule has 0 bridgehead atoms. The van der Waals surface area contributed by atoms with Crippen LogP contribution in [0.25, 0.3) is 0 Å². The molecule has 4 nitrogen and oxygen atoms in total. The van der Waals surface area contributed by atoms with Crippen molar-refractivity contribution in [3.8, 4) is 5.75 Å². The highest BCUT2D eigenvalue weighted by Gasteiger charge is 2.12. The molecule has 0 saturated carbocycles. The van der Waals surface area contributed by atoms with Crippen molar-refractivity contribution in [2.24, 2.45) is 0 Å². The Morgan fingerprint density at radius 1 is 1.53 bits per heavy atom. The molecular formula is C13H16O4. The summed E-state index contributed by atoms with van der Waals surface area (Å²) in [5, 5.41) is 9.03. The Balaban J connectivity index is 2.50. The molecule has 1 rings (SSSR count). The van der Waals surface area contributed by atoms with Crippen molar-refractivity contribution in [2.45, 2.75) is 13.0 Å². The molecule has 0 spiro atoms. The molecular weight excluding hydrogens is 220 g/mol. The normalized spacial score (nSPS) is 11.6. The third kappa shape index (κ3) is 4.28. The fourth-order valence-corrected chi connectivity index (χ4v) is 1.24. The van der Waals surface area contributed by atoms with Gasteiger partial charge in [0, 0.05) is 6.08 Å². The molecule has 0 heterocycles. The molecule has 17 heavy (non-hydrogen) atoms. The first-order chi connectivity index (χ1) is 8.17. The molecule has 0 aliphatic rings. The lowest BCUT2D eigenvalue weighted by Gasteiger charge is -2.16. The number of esters is 1. The summed E-state index contributed by atoms with van der Waals surface area (Å²) in [5.41, 5.74) is 0.985. The highest BCUT2D eigenvalue weighted by molar-refractivity contribution is 5.81. The van der Waals surface area contributed by atoms with Gasteiger partial charge in [-0.1, -0.05) is 24.8 Å². The largest absolute Gasteiger partial charge is 0.489 e. The van der Waals surface area contributed by atoms with Gasteiger partial charge in [0.25, 0.3) is 0 Å². The fourth-order valence-electron chi connectivity index (χ4n) is 1.24. The molecule has 0 aliphatic heterocycles. The molecule has 1 aromatic rings. The third-order valence-electron chi connectivity index (χ3n) is 2.17. The van der Waals surface area contributed by atoms with Crippen LogP contribution in [-0.2, 0) is 9.53 Å². The average molecular weight is 236 g/mol. The summed E-state index contributed by atoms with van der Waals surface area (Å²) in [7, 11) is 0. The number of hydrogen-bond donors (Lipinski definition) is 1. The molecule has 1 N–H and O–H groups in total. The van der Waals surface area contributed by atoms with Gasteiger partial charge in [-0.25, -0.2) is 4.79 Å². The number of ether oxygens (including phenoxy) is 2. The molecule has 0 aliphatic carbocycles. The Labute approximate surface area is 100 Å². The predicted octanol–water partition coefficient (Wildman–Crippen LogP) is 1.46. The monoisotopic (exact) mass is 236 g/mol. The molecule has 1 aromatic carbocycles. The minimum absolute atomic E-state index is 0.112. The number of carbonyl (C=O) groups is 1. The molecule has 0 aromatic heterocycles. The quantitative estimate of drug-likeness (QED) is 0.600. The van der Waals surface area contributed by atoms with Gasteiger partial charge in [-0.3, -0.25) is 0 Å². The number of benzene rings is 1. The maximum atomic E-state index is 11.0. The number of aliphatic hydroxyl groups is 1. The number of para-hydroxylation sites is 1. The van der Waals surface area contributed by atoms with Gasteiger partial charge in [-0.15, -0.1) is 0 Å². The van der Waals surface area contributed by atoms with E-state index in [9.17, 15) is 4.79 Å². The summed E-state index contributed by atoms with van der Waals surface area (Å²) >= 11 is 0. The molecule has 92 valence electrons. The minimum atomic E-state index is -0.680. The lowest BCUT2D eigenvalue weighted by atomic mass is 10.2. The zero-order chi connectivity index (χ0) is 12.7. The molecule has 0 fully saturated rings. The first-order valence-corrected chi connectivity index (χ1v) is 5.29. The van der Waals surface area contributed by atoms with Crippen molar-refractivity contribution < 1.29 is 19.4 Å². The van der Waals surface area contributed by atoms with Crippen molar-refractivity contribution in [1.29, 1.82) is 0 Å². The second-order valence-electron chi connectivity index (χ2n) is 3.52. The van der Waals surface area contributed by atoms with E-state index in [0.717, 1.165) is 11.6 Å². The van der Waals surface area contributed by atoms with Crippen LogP contribution >= 0.6 is 0 Å². The minimum Gasteiger partial charge on any atom is -0.489 e. The van der Waals surface area contributed by atoms with E-state index in [-0.39, 0.29) is 13.2 Å². The van der Waals surface area contributed by atoms with Crippen LogP contribution in [-0.4, -0.2) is 30.4 Å². The van der Waals surface area contributed by atoms with Gasteiger partial charge in [0.1, 0.15) is 12.4 Å². The Morgan fingerprint density at radius 2 is 2.24 bits per heavy atom. The van der Waals surface area contributed by atoms with E-state index in [1.807, 2.05) is 31.2 Å². The van der Waals surface area contributed by atoms with Crippen LogP contribution < -0.4 is 4.74 Å². The molecule has 0 amide bonds. The molecule has 0 saturated heterocycles. The van der Waals surface area contributed by atoms with Crippen molar-refractivity contribution in [1.82, 2.24) is 0 Å². The van der Waals surface area contributed by atoms with Crippen molar-refractivity contribution in [2.75, 3.05) is 13.2 Å². The van der Waals surface area contributed by atoms with E-state index < -0.39 is 12.1 Å². The lowest BCUT2D eigenvalue weighted by molar-refractivity contribution is -0.146. The second-order valence-corrected chi connectivity index (χ2v) is 3.52. The Morgan fingerprint density at radius 3 is 2.82 bits per heavy atom. The Bertz CT molecular complexity index is 387. The van der Waals surface area contributed by atoms with Crippen LogP contribution in [0.4, 0.5) is 0 Å². The van der Waals surface area contributed by atoms with E-state index in [4.69, 9.17) is 14.6 Å². The number of rotatable bonds is 6. The second kappa shape index (κ2) is 6.70. The summed E-state index contributed by atoms with van der Waals surface area (Å²) in [6, 6.07) is 7.49. The van der Waals surface area contributed by atoms with Gasteiger partial charge in [-0.2, -0.15) is 0 Å². The van der Waals surface area contributed by atoms with Crippen molar-refractivity contribution in [3.63, 3.8) is 0 Å². The van der Waals surface area contributed by atoms with Gasteiger partial charge in [-0.05, 0) is 18.6 Å². The maximum absolute atomic E-state index is 11.0. The summed E-state index contributed by atoms with van der Waals surface area (Å²) in [5.74, 6) is 0.137. The SMILES string of the molecule is C=CC(=O)O[C@H](CO)COc1ccccc1C. The Kier molecular flexibility index (Phi) is 5.23. The van der Waals surface area contributed by atoms with Crippen LogP contribution in [0.1, 0.15) is 5.56 Å². The van der Waals surface area contributed by atoms with Gasteiger partial charge in [0.05, 0.1) is 6.61 Å². The summed E-state index contributed by atoms with van der Waals surface area (Å²) < 4.78 is 10.3. The summed E-state index contributed by atoms with van der Waals surface area (Å²) in [6.07, 6.45) is 0.372. The molecule has 0 radical (unpaired) electrons. The van der Waals surface area contributed by atoms with Gasteiger partial charge < -0.3 is 14.6 Å². The highest BCUT2D eigenvalue weighted by atomic mass is 16.6. The molecule has 1 atom stereocenters.